The summed E-state index contributed by atoms with van der Waals surface area (Å²) in [6.07, 6.45) is 0. The zero-order chi connectivity index (χ0) is 16.3. The summed E-state index contributed by atoms with van der Waals surface area (Å²) >= 11 is 1.27. The Morgan fingerprint density at radius 3 is 2.55 bits per heavy atom. The third kappa shape index (κ3) is 4.36. The summed E-state index contributed by atoms with van der Waals surface area (Å²) in [5.41, 5.74) is 1.72. The molecule has 0 aliphatic heterocycles. The minimum Gasteiger partial charge on any atom is -0.350 e. The molecule has 0 bridgehead atoms. The largest absolute Gasteiger partial charge is 0.350 e. The van der Waals surface area contributed by atoms with Gasteiger partial charge in [-0.1, -0.05) is 12.1 Å². The van der Waals surface area contributed by atoms with Gasteiger partial charge in [-0.15, -0.1) is 11.3 Å². The SMILES string of the molecule is Cc1cc(C(=O)NCCS(N)(=O)=O)sc1-c1ccc(F)cc1. The van der Waals surface area contributed by atoms with Crippen LogP contribution in [0.25, 0.3) is 10.4 Å². The molecule has 5 nitrogen and oxygen atoms in total. The molecule has 1 aromatic heterocycles. The van der Waals surface area contributed by atoms with Crippen molar-refractivity contribution >= 4 is 27.3 Å². The molecule has 0 saturated carbocycles. The molecule has 0 unspecified atom stereocenters. The number of carbonyl (C=O) groups excluding carboxylic acids is 1. The number of thiophene rings is 1. The van der Waals surface area contributed by atoms with Gasteiger partial charge in [0.15, 0.2) is 0 Å². The van der Waals surface area contributed by atoms with Gasteiger partial charge in [0, 0.05) is 11.4 Å². The normalized spacial score (nSPS) is 11.4. The fraction of sp³-hybridized carbons (Fsp3) is 0.214. The van der Waals surface area contributed by atoms with Gasteiger partial charge in [0.2, 0.25) is 10.0 Å². The Labute approximate surface area is 132 Å². The van der Waals surface area contributed by atoms with Gasteiger partial charge in [0.25, 0.3) is 5.91 Å². The fourth-order valence-corrected chi connectivity index (χ4v) is 3.36. The van der Waals surface area contributed by atoms with Crippen molar-refractivity contribution < 1.29 is 17.6 Å². The summed E-state index contributed by atoms with van der Waals surface area (Å²) in [5.74, 6) is -0.988. The first-order valence-electron chi connectivity index (χ1n) is 6.41. The van der Waals surface area contributed by atoms with Crippen molar-refractivity contribution in [2.24, 2.45) is 5.14 Å². The second kappa shape index (κ2) is 6.55. The summed E-state index contributed by atoms with van der Waals surface area (Å²) in [5, 5.41) is 7.38. The lowest BCUT2D eigenvalue weighted by molar-refractivity contribution is 0.0960. The molecule has 0 atom stereocenters. The maximum atomic E-state index is 13.0. The molecule has 22 heavy (non-hydrogen) atoms. The number of hydrogen-bond acceptors (Lipinski definition) is 4. The van der Waals surface area contributed by atoms with Crippen LogP contribution >= 0.6 is 11.3 Å². The monoisotopic (exact) mass is 342 g/mol. The van der Waals surface area contributed by atoms with Gasteiger partial charge in [0.05, 0.1) is 10.6 Å². The highest BCUT2D eigenvalue weighted by molar-refractivity contribution is 7.89. The molecule has 2 rings (SSSR count). The number of carbonyl (C=O) groups is 1. The molecule has 1 heterocycles. The number of aryl methyl sites for hydroxylation is 1. The highest BCUT2D eigenvalue weighted by Gasteiger charge is 2.14. The van der Waals surface area contributed by atoms with E-state index in [0.717, 1.165) is 16.0 Å². The lowest BCUT2D eigenvalue weighted by Gasteiger charge is -2.02. The third-order valence-electron chi connectivity index (χ3n) is 2.92. The van der Waals surface area contributed by atoms with Gasteiger partial charge in [-0.25, -0.2) is 17.9 Å². The molecule has 118 valence electrons. The Bertz CT molecular complexity index is 783. The van der Waals surface area contributed by atoms with Crippen LogP contribution in [0, 0.1) is 12.7 Å². The molecule has 3 N–H and O–H groups in total. The minimum atomic E-state index is -3.60. The zero-order valence-corrected chi connectivity index (χ0v) is 13.4. The van der Waals surface area contributed by atoms with E-state index in [1.165, 1.54) is 23.5 Å². The zero-order valence-electron chi connectivity index (χ0n) is 11.8. The van der Waals surface area contributed by atoms with E-state index < -0.39 is 10.0 Å². The van der Waals surface area contributed by atoms with Crippen LogP contribution in [0.15, 0.2) is 30.3 Å². The number of nitrogens with two attached hydrogens (primary N) is 1. The Kier molecular flexibility index (Phi) is 4.94. The second-order valence-electron chi connectivity index (χ2n) is 4.75. The van der Waals surface area contributed by atoms with E-state index in [2.05, 4.69) is 5.32 Å². The van der Waals surface area contributed by atoms with Crippen LogP contribution in [0.2, 0.25) is 0 Å². The Morgan fingerprint density at radius 2 is 1.95 bits per heavy atom. The van der Waals surface area contributed by atoms with Gasteiger partial charge in [-0.2, -0.15) is 0 Å². The van der Waals surface area contributed by atoms with Crippen molar-refractivity contribution in [3.63, 3.8) is 0 Å². The number of rotatable bonds is 5. The number of hydrogen-bond donors (Lipinski definition) is 2. The Hall–Kier alpha value is -1.77. The van der Waals surface area contributed by atoms with E-state index in [-0.39, 0.29) is 24.0 Å². The van der Waals surface area contributed by atoms with E-state index >= 15 is 0 Å². The van der Waals surface area contributed by atoms with E-state index in [1.807, 2.05) is 6.92 Å². The van der Waals surface area contributed by atoms with E-state index in [1.54, 1.807) is 18.2 Å². The Morgan fingerprint density at radius 1 is 1.32 bits per heavy atom. The first kappa shape index (κ1) is 16.6. The van der Waals surface area contributed by atoms with Gasteiger partial charge >= 0.3 is 0 Å². The molecule has 0 aliphatic carbocycles. The van der Waals surface area contributed by atoms with Crippen LogP contribution in [0.1, 0.15) is 15.2 Å². The van der Waals surface area contributed by atoms with E-state index in [0.29, 0.717) is 4.88 Å². The van der Waals surface area contributed by atoms with Crippen molar-refractivity contribution in [1.82, 2.24) is 5.32 Å². The highest BCUT2D eigenvalue weighted by Crippen LogP contribution is 2.32. The van der Waals surface area contributed by atoms with E-state index in [4.69, 9.17) is 5.14 Å². The second-order valence-corrected chi connectivity index (χ2v) is 7.54. The molecule has 8 heteroatoms. The first-order valence-corrected chi connectivity index (χ1v) is 8.94. The summed E-state index contributed by atoms with van der Waals surface area (Å²) in [7, 11) is -3.60. The molecule has 1 aromatic carbocycles. The standard InChI is InChI=1S/C14H15FN2O3S2/c1-9-8-12(14(18)17-6-7-22(16,19)20)21-13(9)10-2-4-11(15)5-3-10/h2-5,8H,6-7H2,1H3,(H,17,18)(H2,16,19,20). The first-order chi connectivity index (χ1) is 10.3. The van der Waals surface area contributed by atoms with Crippen LogP contribution < -0.4 is 10.5 Å². The predicted octanol–water partition coefficient (Wildman–Crippen LogP) is 1.88. The number of halogens is 1. The molecule has 0 radical (unpaired) electrons. The minimum absolute atomic E-state index is 0.0412. The fourth-order valence-electron chi connectivity index (χ4n) is 1.88. The highest BCUT2D eigenvalue weighted by atomic mass is 32.2. The maximum Gasteiger partial charge on any atom is 0.261 e. The number of sulfonamides is 1. The molecular formula is C14H15FN2O3S2. The van der Waals surface area contributed by atoms with Crippen molar-refractivity contribution in [3.05, 3.63) is 46.6 Å². The number of amides is 1. The average Bonchev–Trinajstić information content (AvgIpc) is 2.80. The van der Waals surface area contributed by atoms with Crippen LogP contribution in [0.3, 0.4) is 0 Å². The van der Waals surface area contributed by atoms with Crippen molar-refractivity contribution in [3.8, 4) is 10.4 Å². The molecule has 2 aromatic rings. The third-order valence-corrected chi connectivity index (χ3v) is 4.98. The van der Waals surface area contributed by atoms with Gasteiger partial charge in [-0.05, 0) is 36.2 Å². The Balaban J connectivity index is 2.12. The smallest absolute Gasteiger partial charge is 0.261 e. The molecule has 0 aliphatic rings. The lowest BCUT2D eigenvalue weighted by atomic mass is 10.1. The molecule has 0 spiro atoms. The summed E-state index contributed by atoms with van der Waals surface area (Å²) in [4.78, 5) is 13.3. The average molecular weight is 342 g/mol. The van der Waals surface area contributed by atoms with Crippen molar-refractivity contribution in [1.29, 1.82) is 0 Å². The van der Waals surface area contributed by atoms with Crippen molar-refractivity contribution in [2.75, 3.05) is 12.3 Å². The molecule has 1 amide bonds. The van der Waals surface area contributed by atoms with Gasteiger partial charge in [-0.3, -0.25) is 4.79 Å². The quantitative estimate of drug-likeness (QED) is 0.869. The van der Waals surface area contributed by atoms with Gasteiger partial charge < -0.3 is 5.32 Å². The van der Waals surface area contributed by atoms with E-state index in [9.17, 15) is 17.6 Å². The van der Waals surface area contributed by atoms with Crippen LogP contribution in [-0.2, 0) is 10.0 Å². The molecule has 0 saturated heterocycles. The van der Waals surface area contributed by atoms with Gasteiger partial charge in [0.1, 0.15) is 5.82 Å². The topological polar surface area (TPSA) is 89.3 Å². The van der Waals surface area contributed by atoms with Crippen molar-refractivity contribution in [2.45, 2.75) is 6.92 Å². The lowest BCUT2D eigenvalue weighted by Crippen LogP contribution is -2.31. The summed E-state index contributed by atoms with van der Waals surface area (Å²) < 4.78 is 34.6. The summed E-state index contributed by atoms with van der Waals surface area (Å²) in [6.45, 7) is 1.82. The predicted molar refractivity (Wildman–Crippen MR) is 84.8 cm³/mol. The van der Waals surface area contributed by atoms with Crippen LogP contribution in [0.5, 0.6) is 0 Å². The maximum absolute atomic E-state index is 13.0. The number of nitrogens with one attached hydrogen (secondary N) is 1. The molecule has 0 fully saturated rings. The van der Waals surface area contributed by atoms with Crippen LogP contribution in [0.4, 0.5) is 4.39 Å². The number of benzene rings is 1. The summed E-state index contributed by atoms with van der Waals surface area (Å²) in [6, 6.07) is 7.74. The number of primary sulfonamides is 1. The van der Waals surface area contributed by atoms with Crippen LogP contribution in [-0.4, -0.2) is 26.6 Å². The molecular weight excluding hydrogens is 327 g/mol.